The summed E-state index contributed by atoms with van der Waals surface area (Å²) in [6.45, 7) is 14.6. The Kier molecular flexibility index (Phi) is 10.5. The van der Waals surface area contributed by atoms with Gasteiger partial charge in [-0.3, -0.25) is 4.79 Å². The smallest absolute Gasteiger partial charge is 0.270 e. The van der Waals surface area contributed by atoms with E-state index in [1.165, 1.54) is 23.3 Å². The second-order valence-corrected chi connectivity index (χ2v) is 12.5. The Morgan fingerprint density at radius 3 is 2.20 bits per heavy atom. The lowest BCUT2D eigenvalue weighted by Crippen LogP contribution is -2.27. The van der Waals surface area contributed by atoms with Crippen LogP contribution in [0.25, 0.3) is 16.9 Å². The zero-order valence-corrected chi connectivity index (χ0v) is 27.2. The molecule has 0 saturated carbocycles. The summed E-state index contributed by atoms with van der Waals surface area (Å²) in [6, 6.07) is 21.8. The van der Waals surface area contributed by atoms with Crippen molar-refractivity contribution in [2.24, 2.45) is 0 Å². The van der Waals surface area contributed by atoms with Gasteiger partial charge in [0.2, 0.25) is 0 Å². The number of hydrogen-bond donors (Lipinski definition) is 1. The van der Waals surface area contributed by atoms with Gasteiger partial charge in [0.25, 0.3) is 5.91 Å². The average molecular weight is 600 g/mol. The molecule has 1 heterocycles. The van der Waals surface area contributed by atoms with E-state index in [4.69, 9.17) is 9.47 Å². The van der Waals surface area contributed by atoms with E-state index in [2.05, 4.69) is 70.2 Å². The molecule has 234 valence electrons. The minimum atomic E-state index is -0.326. The topological polar surface area (TPSA) is 65.4 Å². The molecule has 1 aromatic heterocycles. The van der Waals surface area contributed by atoms with Gasteiger partial charge in [-0.25, -0.2) is 9.07 Å². The van der Waals surface area contributed by atoms with Crippen molar-refractivity contribution in [2.45, 2.75) is 78.1 Å². The molecule has 7 heteroatoms. The number of carbonyl (C=O) groups excluding carboxylic acids is 1. The predicted octanol–water partition coefficient (Wildman–Crippen LogP) is 8.65. The summed E-state index contributed by atoms with van der Waals surface area (Å²) in [4.78, 5) is 13.4. The maximum Gasteiger partial charge on any atom is 0.270 e. The Bertz CT molecular complexity index is 1540. The van der Waals surface area contributed by atoms with Crippen LogP contribution in [0.4, 0.5) is 4.39 Å². The third kappa shape index (κ3) is 7.68. The Hall–Kier alpha value is -4.13. The van der Waals surface area contributed by atoms with E-state index >= 15 is 0 Å². The minimum absolute atomic E-state index is 0.00272. The maximum atomic E-state index is 13.5. The summed E-state index contributed by atoms with van der Waals surface area (Å²) in [7, 11) is 1.61. The Labute approximate surface area is 261 Å². The SMILES string of the molecule is CCC(C)(C)c1ccc(OCCCCNC(=O)c2cc(-c3ccc(F)cc3)nn2-c2ccc(OC)cc2)c(C(C)(C)CC)c1. The van der Waals surface area contributed by atoms with Crippen molar-refractivity contribution in [3.63, 3.8) is 0 Å². The molecule has 1 N–H and O–H groups in total. The minimum Gasteiger partial charge on any atom is -0.497 e. The van der Waals surface area contributed by atoms with Gasteiger partial charge in [-0.15, -0.1) is 0 Å². The standard InChI is InChI=1S/C37H46FN3O3/c1-8-36(3,4)27-14-21-34(31(24-27)37(5,6)9-2)44-23-11-10-22-39-35(42)33-25-32(26-12-15-28(38)16-13-26)40-41(33)29-17-19-30(43-7)20-18-29/h12-21,24-25H,8-11,22-23H2,1-7H3,(H,39,42). The third-order valence-corrected chi connectivity index (χ3v) is 8.77. The van der Waals surface area contributed by atoms with Gasteiger partial charge >= 0.3 is 0 Å². The van der Waals surface area contributed by atoms with Crippen LogP contribution >= 0.6 is 0 Å². The van der Waals surface area contributed by atoms with E-state index in [1.54, 1.807) is 30.0 Å². The van der Waals surface area contributed by atoms with Crippen molar-refractivity contribution in [1.29, 1.82) is 0 Å². The summed E-state index contributed by atoms with van der Waals surface area (Å²) in [6.07, 6.45) is 3.65. The molecule has 44 heavy (non-hydrogen) atoms. The number of ether oxygens (including phenoxy) is 2. The number of aromatic nitrogens is 2. The Morgan fingerprint density at radius 2 is 1.57 bits per heavy atom. The molecule has 6 nitrogen and oxygen atoms in total. The van der Waals surface area contributed by atoms with E-state index in [1.807, 2.05) is 24.3 Å². The summed E-state index contributed by atoms with van der Waals surface area (Å²) < 4.78 is 26.7. The molecule has 1 amide bonds. The van der Waals surface area contributed by atoms with Gasteiger partial charge in [-0.05, 0) is 103 Å². The number of rotatable bonds is 14. The number of nitrogens with one attached hydrogen (secondary N) is 1. The predicted molar refractivity (Wildman–Crippen MR) is 176 cm³/mol. The lowest BCUT2D eigenvalue weighted by atomic mass is 9.76. The number of amides is 1. The molecule has 0 aliphatic carbocycles. The lowest BCUT2D eigenvalue weighted by Gasteiger charge is -2.30. The van der Waals surface area contributed by atoms with Crippen molar-refractivity contribution in [3.05, 3.63) is 95.4 Å². The van der Waals surface area contributed by atoms with Gasteiger partial charge in [-0.2, -0.15) is 5.10 Å². The first-order chi connectivity index (χ1) is 21.0. The highest BCUT2D eigenvalue weighted by Gasteiger charge is 2.26. The maximum absolute atomic E-state index is 13.5. The summed E-state index contributed by atoms with van der Waals surface area (Å²) in [5.41, 5.74) is 5.11. The van der Waals surface area contributed by atoms with Gasteiger partial charge in [-0.1, -0.05) is 53.7 Å². The van der Waals surface area contributed by atoms with Crippen LogP contribution in [0.5, 0.6) is 11.5 Å². The second-order valence-electron chi connectivity index (χ2n) is 12.5. The molecule has 4 aromatic rings. The van der Waals surface area contributed by atoms with Gasteiger partial charge in [0.15, 0.2) is 0 Å². The highest BCUT2D eigenvalue weighted by atomic mass is 19.1. The summed E-state index contributed by atoms with van der Waals surface area (Å²) in [5, 5.41) is 7.72. The molecule has 4 rings (SSSR count). The first-order valence-electron chi connectivity index (χ1n) is 15.6. The van der Waals surface area contributed by atoms with Crippen molar-refractivity contribution < 1.29 is 18.7 Å². The lowest BCUT2D eigenvalue weighted by molar-refractivity contribution is 0.0944. The van der Waals surface area contributed by atoms with Gasteiger partial charge in [0.1, 0.15) is 23.0 Å². The number of carbonyl (C=O) groups is 1. The van der Waals surface area contributed by atoms with Crippen LogP contribution in [0.1, 0.15) is 88.8 Å². The fourth-order valence-corrected chi connectivity index (χ4v) is 4.93. The van der Waals surface area contributed by atoms with Gasteiger partial charge < -0.3 is 14.8 Å². The molecule has 0 bridgehead atoms. The van der Waals surface area contributed by atoms with Gasteiger partial charge in [0, 0.05) is 17.7 Å². The van der Waals surface area contributed by atoms with Crippen LogP contribution in [0.3, 0.4) is 0 Å². The normalized spacial score (nSPS) is 11.8. The largest absolute Gasteiger partial charge is 0.497 e. The van der Waals surface area contributed by atoms with Crippen LogP contribution in [0.15, 0.2) is 72.8 Å². The molecule has 0 radical (unpaired) electrons. The molecule has 0 saturated heterocycles. The van der Waals surface area contributed by atoms with E-state index < -0.39 is 0 Å². The fourth-order valence-electron chi connectivity index (χ4n) is 4.93. The molecule has 0 aliphatic heterocycles. The number of hydrogen-bond acceptors (Lipinski definition) is 4. The van der Waals surface area contributed by atoms with Crippen molar-refractivity contribution in [1.82, 2.24) is 15.1 Å². The third-order valence-electron chi connectivity index (χ3n) is 8.77. The Balaban J connectivity index is 1.41. The van der Waals surface area contributed by atoms with Crippen LogP contribution in [0.2, 0.25) is 0 Å². The van der Waals surface area contributed by atoms with E-state index in [-0.39, 0.29) is 22.6 Å². The quantitative estimate of drug-likeness (QED) is 0.147. The molecular formula is C37H46FN3O3. The first kappa shape index (κ1) is 32.8. The highest BCUT2D eigenvalue weighted by Crippen LogP contribution is 2.38. The van der Waals surface area contributed by atoms with Crippen molar-refractivity contribution in [3.8, 4) is 28.4 Å². The summed E-state index contributed by atoms with van der Waals surface area (Å²) >= 11 is 0. The van der Waals surface area contributed by atoms with Crippen LogP contribution in [-0.2, 0) is 10.8 Å². The highest BCUT2D eigenvalue weighted by molar-refractivity contribution is 5.94. The van der Waals surface area contributed by atoms with E-state index in [0.29, 0.717) is 30.3 Å². The second kappa shape index (κ2) is 14.1. The number of methoxy groups -OCH3 is 1. The number of unbranched alkanes of at least 4 members (excludes halogenated alkanes) is 1. The van der Waals surface area contributed by atoms with E-state index in [0.717, 1.165) is 42.7 Å². The molecule has 0 spiro atoms. The zero-order chi connectivity index (χ0) is 31.9. The summed E-state index contributed by atoms with van der Waals surface area (Å²) in [5.74, 6) is 1.09. The zero-order valence-electron chi connectivity index (χ0n) is 27.2. The molecular weight excluding hydrogens is 553 g/mol. The monoisotopic (exact) mass is 599 g/mol. The average Bonchev–Trinajstić information content (AvgIpc) is 3.48. The van der Waals surface area contributed by atoms with Gasteiger partial charge in [0.05, 0.1) is 25.1 Å². The van der Waals surface area contributed by atoms with Crippen LogP contribution < -0.4 is 14.8 Å². The number of nitrogens with zero attached hydrogens (tertiary/aromatic N) is 2. The molecule has 0 fully saturated rings. The molecule has 3 aromatic carbocycles. The van der Waals surface area contributed by atoms with Crippen molar-refractivity contribution >= 4 is 5.91 Å². The van der Waals surface area contributed by atoms with E-state index in [9.17, 15) is 9.18 Å². The first-order valence-corrected chi connectivity index (χ1v) is 15.6. The molecule has 0 aliphatic rings. The van der Waals surface area contributed by atoms with Crippen LogP contribution in [-0.4, -0.2) is 35.9 Å². The fraction of sp³-hybridized carbons (Fsp3) is 0.405. The van der Waals surface area contributed by atoms with Crippen molar-refractivity contribution in [2.75, 3.05) is 20.3 Å². The Morgan fingerprint density at radius 1 is 0.886 bits per heavy atom. The molecule has 0 unspecified atom stereocenters. The van der Waals surface area contributed by atoms with Crippen LogP contribution in [0, 0.1) is 5.82 Å². The molecule has 0 atom stereocenters. The number of benzene rings is 3. The number of halogens is 1.